The molecule has 0 radical (unpaired) electrons. The number of ether oxygens (including phenoxy) is 4. The van der Waals surface area contributed by atoms with Crippen LogP contribution in [0.2, 0.25) is 0 Å². The van der Waals surface area contributed by atoms with E-state index in [-0.39, 0.29) is 18.2 Å². The van der Waals surface area contributed by atoms with Crippen LogP contribution in [-0.4, -0.2) is 71.6 Å². The molecule has 2 aliphatic heterocycles. The van der Waals surface area contributed by atoms with E-state index in [0.717, 1.165) is 17.7 Å². The lowest BCUT2D eigenvalue weighted by atomic mass is 9.50. The van der Waals surface area contributed by atoms with Crippen LogP contribution in [0, 0.1) is 0 Å². The van der Waals surface area contributed by atoms with Crippen LogP contribution in [0.15, 0.2) is 54.3 Å². The Morgan fingerprint density at radius 3 is 2.63 bits per heavy atom. The maximum absolute atomic E-state index is 13.5. The third kappa shape index (κ3) is 3.35. The fraction of sp³-hybridized carbons (Fsp3) is 0.448. The van der Waals surface area contributed by atoms with E-state index >= 15 is 0 Å². The highest BCUT2D eigenvalue weighted by Gasteiger charge is 2.72. The maximum Gasteiger partial charge on any atom is 0.357 e. The molecule has 0 aromatic heterocycles. The molecule has 9 nitrogen and oxygen atoms in total. The summed E-state index contributed by atoms with van der Waals surface area (Å²) in [6.07, 6.45) is -0.306. The van der Waals surface area contributed by atoms with Gasteiger partial charge in [-0.15, -0.1) is 0 Å². The summed E-state index contributed by atoms with van der Waals surface area (Å²) in [6.45, 7) is 2.01. The summed E-state index contributed by atoms with van der Waals surface area (Å²) in [6, 6.07) is 12.3. The molecule has 0 amide bonds. The predicted octanol–water partition coefficient (Wildman–Crippen LogP) is 2.18. The highest BCUT2D eigenvalue weighted by atomic mass is 16.6. The molecule has 2 unspecified atom stereocenters. The molecule has 0 saturated carbocycles. The number of rotatable bonds is 6. The number of nitrogens with zero attached hydrogens (tertiary/aromatic N) is 1. The van der Waals surface area contributed by atoms with E-state index in [2.05, 4.69) is 4.90 Å². The lowest BCUT2D eigenvalue weighted by Gasteiger charge is -2.61. The van der Waals surface area contributed by atoms with Crippen molar-refractivity contribution in [2.75, 3.05) is 20.7 Å². The molecule has 2 aliphatic carbocycles. The number of likely N-dealkylation sites (tertiary alicyclic amines) is 1. The molecule has 2 aromatic rings. The number of benzene rings is 2. The summed E-state index contributed by atoms with van der Waals surface area (Å²) in [5.74, 6) is -0.356. The fourth-order valence-electron chi connectivity index (χ4n) is 6.85. The maximum atomic E-state index is 13.5. The lowest BCUT2D eigenvalue weighted by Crippen LogP contribution is -2.74. The number of piperidine rings is 1. The first kappa shape index (κ1) is 24.9. The van der Waals surface area contributed by atoms with Gasteiger partial charge in [-0.25, -0.2) is 9.59 Å². The van der Waals surface area contributed by atoms with Gasteiger partial charge in [-0.2, -0.15) is 0 Å². The summed E-state index contributed by atoms with van der Waals surface area (Å²) < 4.78 is 23.5. The number of esters is 2. The minimum atomic E-state index is -1.41. The largest absolute Gasteiger partial charge is 0.493 e. The zero-order valence-electron chi connectivity index (χ0n) is 21.5. The van der Waals surface area contributed by atoms with Gasteiger partial charge in [-0.3, -0.25) is 0 Å². The molecule has 6 rings (SSSR count). The van der Waals surface area contributed by atoms with Crippen LogP contribution in [0.3, 0.4) is 0 Å². The SMILES string of the molecule is COc1ccc2c3c1O[C@H]1C(OC(=O)C(OC(=O)C(C)O)c4ccccc4)=CC[C@@]4(O)[C@@H](C2)N(C)CC[C@]314. The number of methoxy groups -OCH3 is 1. The first-order valence-electron chi connectivity index (χ1n) is 12.9. The molecule has 200 valence electrons. The Hall–Kier alpha value is -3.40. The molecular formula is C29H31NO8. The zero-order chi connectivity index (χ0) is 26.8. The van der Waals surface area contributed by atoms with Crippen molar-refractivity contribution in [1.29, 1.82) is 0 Å². The smallest absolute Gasteiger partial charge is 0.357 e. The van der Waals surface area contributed by atoms with Crippen LogP contribution >= 0.6 is 0 Å². The molecule has 6 atom stereocenters. The summed E-state index contributed by atoms with van der Waals surface area (Å²) in [5, 5.41) is 22.0. The van der Waals surface area contributed by atoms with Crippen molar-refractivity contribution < 1.29 is 38.7 Å². The average molecular weight is 522 g/mol. The van der Waals surface area contributed by atoms with E-state index in [1.807, 2.05) is 19.2 Å². The van der Waals surface area contributed by atoms with E-state index in [1.165, 1.54) is 6.92 Å². The van der Waals surface area contributed by atoms with Gasteiger partial charge in [0.2, 0.25) is 6.10 Å². The van der Waals surface area contributed by atoms with Crippen molar-refractivity contribution in [3.63, 3.8) is 0 Å². The molecule has 2 bridgehead atoms. The van der Waals surface area contributed by atoms with Crippen molar-refractivity contribution in [2.45, 2.75) is 61.6 Å². The Balaban J connectivity index is 1.40. The summed E-state index contributed by atoms with van der Waals surface area (Å²) in [5.41, 5.74) is 0.461. The summed E-state index contributed by atoms with van der Waals surface area (Å²) in [7, 11) is 3.60. The minimum absolute atomic E-state index is 0.133. The topological polar surface area (TPSA) is 115 Å². The quantitative estimate of drug-likeness (QED) is 0.552. The molecule has 2 aromatic carbocycles. The number of aliphatic hydroxyl groups is 2. The van der Waals surface area contributed by atoms with Crippen molar-refractivity contribution in [3.8, 4) is 11.5 Å². The Morgan fingerprint density at radius 1 is 1.16 bits per heavy atom. The number of carbonyl (C=O) groups is 2. The van der Waals surface area contributed by atoms with Crippen LogP contribution in [-0.2, 0) is 30.9 Å². The molecule has 1 fully saturated rings. The molecule has 38 heavy (non-hydrogen) atoms. The second-order valence-corrected chi connectivity index (χ2v) is 10.6. The number of hydrogen-bond acceptors (Lipinski definition) is 9. The Labute approximate surface area is 220 Å². The summed E-state index contributed by atoms with van der Waals surface area (Å²) >= 11 is 0. The molecule has 4 aliphatic rings. The van der Waals surface area contributed by atoms with Crippen LogP contribution in [0.4, 0.5) is 0 Å². The molecular weight excluding hydrogens is 490 g/mol. The fourth-order valence-corrected chi connectivity index (χ4v) is 6.85. The van der Waals surface area contributed by atoms with Gasteiger partial charge in [0.1, 0.15) is 11.9 Å². The average Bonchev–Trinajstić information content (AvgIpc) is 3.27. The number of likely N-dealkylation sites (N-methyl/N-ethyl adjacent to an activating group) is 1. The van der Waals surface area contributed by atoms with Crippen molar-refractivity contribution in [1.82, 2.24) is 4.90 Å². The van der Waals surface area contributed by atoms with E-state index in [1.54, 1.807) is 43.5 Å². The predicted molar refractivity (Wildman–Crippen MR) is 135 cm³/mol. The molecule has 9 heteroatoms. The van der Waals surface area contributed by atoms with Crippen LogP contribution in [0.1, 0.15) is 42.6 Å². The molecule has 2 N–H and O–H groups in total. The van der Waals surface area contributed by atoms with E-state index in [0.29, 0.717) is 29.9 Å². The van der Waals surface area contributed by atoms with E-state index in [9.17, 15) is 19.8 Å². The van der Waals surface area contributed by atoms with Crippen molar-refractivity contribution >= 4 is 11.9 Å². The monoisotopic (exact) mass is 521 g/mol. The number of carbonyl (C=O) groups excluding carboxylic acids is 2. The highest BCUT2D eigenvalue weighted by molar-refractivity contribution is 5.83. The second kappa shape index (κ2) is 8.83. The van der Waals surface area contributed by atoms with Crippen LogP contribution in [0.25, 0.3) is 0 Å². The van der Waals surface area contributed by atoms with Gasteiger partial charge in [-0.1, -0.05) is 36.4 Å². The van der Waals surface area contributed by atoms with Gasteiger partial charge in [0.25, 0.3) is 0 Å². The first-order valence-corrected chi connectivity index (χ1v) is 12.9. The number of aliphatic hydroxyl groups excluding tert-OH is 1. The van der Waals surface area contributed by atoms with Crippen molar-refractivity contribution in [3.05, 3.63) is 71.0 Å². The molecule has 1 saturated heterocycles. The first-order chi connectivity index (χ1) is 18.2. The van der Waals surface area contributed by atoms with E-state index in [4.69, 9.17) is 18.9 Å². The Bertz CT molecular complexity index is 1320. The standard InChI is InChI=1S/C29H31NO8/c1-16(31)26(32)38-23(17-7-5-4-6-8-17)27(33)36-20-11-12-29(34)21-15-18-9-10-19(35-3)24-22(18)28(29,25(20)37-24)13-14-30(21)2/h4-11,16,21,23,25,31,34H,12-15H2,1-3H3/t16?,21-,23?,25+,28+,29-/m1/s1. The lowest BCUT2D eigenvalue weighted by molar-refractivity contribution is -0.178. The van der Waals surface area contributed by atoms with Crippen LogP contribution in [0.5, 0.6) is 11.5 Å². The second-order valence-electron chi connectivity index (χ2n) is 10.6. The molecule has 2 heterocycles. The Kier molecular flexibility index (Phi) is 5.79. The highest BCUT2D eigenvalue weighted by Crippen LogP contribution is 2.65. The summed E-state index contributed by atoms with van der Waals surface area (Å²) in [4.78, 5) is 28.0. The molecule has 1 spiro atoms. The van der Waals surface area contributed by atoms with Gasteiger partial charge in [0, 0.05) is 23.6 Å². The van der Waals surface area contributed by atoms with Gasteiger partial charge >= 0.3 is 11.9 Å². The van der Waals surface area contributed by atoms with Gasteiger partial charge in [0.15, 0.2) is 17.6 Å². The third-order valence-electron chi connectivity index (χ3n) is 8.67. The Morgan fingerprint density at radius 2 is 1.92 bits per heavy atom. The third-order valence-corrected chi connectivity index (χ3v) is 8.67. The van der Waals surface area contributed by atoms with Gasteiger partial charge in [-0.05, 0) is 51.1 Å². The van der Waals surface area contributed by atoms with Gasteiger partial charge in [0.05, 0.1) is 18.1 Å². The van der Waals surface area contributed by atoms with Crippen molar-refractivity contribution in [2.24, 2.45) is 0 Å². The zero-order valence-corrected chi connectivity index (χ0v) is 21.5. The van der Waals surface area contributed by atoms with Gasteiger partial charge < -0.3 is 34.1 Å². The van der Waals surface area contributed by atoms with Crippen LogP contribution < -0.4 is 9.47 Å². The number of hydrogen-bond donors (Lipinski definition) is 2. The minimum Gasteiger partial charge on any atom is -0.493 e. The normalized spacial score (nSPS) is 30.3. The van der Waals surface area contributed by atoms with E-state index < -0.39 is 41.3 Å².